The van der Waals surface area contributed by atoms with Crippen molar-refractivity contribution < 1.29 is 23.1 Å². The maximum Gasteiger partial charge on any atom is 0.329 e. The predicted octanol–water partition coefficient (Wildman–Crippen LogP) is -0.274. The van der Waals surface area contributed by atoms with E-state index in [-0.39, 0.29) is 17.9 Å². The van der Waals surface area contributed by atoms with Crippen LogP contribution in [0.2, 0.25) is 0 Å². The normalized spacial score (nSPS) is 25.1. The van der Waals surface area contributed by atoms with Crippen LogP contribution in [-0.2, 0) is 14.6 Å². The molecule has 0 radical (unpaired) electrons. The van der Waals surface area contributed by atoms with Crippen LogP contribution in [0.15, 0.2) is 0 Å². The van der Waals surface area contributed by atoms with Crippen LogP contribution in [0.3, 0.4) is 0 Å². The predicted molar refractivity (Wildman–Crippen MR) is 65.1 cm³/mol. The standard InChI is InChI=1S/C10H18N2O5S/c1-3-10(2,8(13)14)12-9(15)11-7-4-5-18(16,17)6-7/h7H,3-6H2,1-2H3,(H,13,14)(H2,11,12,15). The van der Waals surface area contributed by atoms with Crippen LogP contribution in [0, 0.1) is 0 Å². The first-order valence-electron chi connectivity index (χ1n) is 5.71. The number of sulfone groups is 1. The Morgan fingerprint density at radius 2 is 2.06 bits per heavy atom. The quantitative estimate of drug-likeness (QED) is 0.655. The molecule has 0 aromatic rings. The fourth-order valence-electron chi connectivity index (χ4n) is 1.67. The summed E-state index contributed by atoms with van der Waals surface area (Å²) in [7, 11) is -3.07. The number of hydrogen-bond donors (Lipinski definition) is 3. The fraction of sp³-hybridized carbons (Fsp3) is 0.800. The first kappa shape index (κ1) is 14.7. The molecule has 2 unspecified atom stereocenters. The average molecular weight is 278 g/mol. The molecular formula is C10H18N2O5S. The van der Waals surface area contributed by atoms with Crippen molar-refractivity contribution in [3.05, 3.63) is 0 Å². The van der Waals surface area contributed by atoms with Crippen molar-refractivity contribution in [2.24, 2.45) is 0 Å². The molecule has 104 valence electrons. The van der Waals surface area contributed by atoms with Gasteiger partial charge in [0.2, 0.25) is 0 Å². The van der Waals surface area contributed by atoms with Crippen LogP contribution in [0.1, 0.15) is 26.7 Å². The van der Waals surface area contributed by atoms with Crippen molar-refractivity contribution in [1.82, 2.24) is 10.6 Å². The number of aliphatic carboxylic acids is 1. The minimum atomic E-state index is -3.07. The van der Waals surface area contributed by atoms with E-state index in [1.807, 2.05) is 0 Å². The molecule has 0 aliphatic carbocycles. The number of carbonyl (C=O) groups excluding carboxylic acids is 1. The molecule has 1 aliphatic heterocycles. The van der Waals surface area contributed by atoms with Crippen molar-refractivity contribution in [2.45, 2.75) is 38.3 Å². The molecule has 0 saturated carbocycles. The van der Waals surface area contributed by atoms with Gasteiger partial charge in [0.05, 0.1) is 11.5 Å². The number of hydrogen-bond acceptors (Lipinski definition) is 4. The van der Waals surface area contributed by atoms with Gasteiger partial charge in [-0.1, -0.05) is 6.92 Å². The Bertz CT molecular complexity index is 447. The molecular weight excluding hydrogens is 260 g/mol. The van der Waals surface area contributed by atoms with Crippen LogP contribution in [0.4, 0.5) is 4.79 Å². The van der Waals surface area contributed by atoms with E-state index in [1.165, 1.54) is 6.92 Å². The maximum atomic E-state index is 11.6. The van der Waals surface area contributed by atoms with Gasteiger partial charge in [0.1, 0.15) is 5.54 Å². The number of rotatable bonds is 4. The summed E-state index contributed by atoms with van der Waals surface area (Å²) in [4.78, 5) is 22.6. The Morgan fingerprint density at radius 3 is 2.44 bits per heavy atom. The SMILES string of the molecule is CCC(C)(NC(=O)NC1CCS(=O)(=O)C1)C(=O)O. The summed E-state index contributed by atoms with van der Waals surface area (Å²) in [6.07, 6.45) is 0.602. The van der Waals surface area contributed by atoms with Gasteiger partial charge in [0, 0.05) is 6.04 Å². The minimum absolute atomic E-state index is 0.0575. The zero-order valence-electron chi connectivity index (χ0n) is 10.4. The zero-order valence-corrected chi connectivity index (χ0v) is 11.2. The number of carboxylic acids is 1. The maximum absolute atomic E-state index is 11.6. The first-order chi connectivity index (χ1) is 8.18. The molecule has 1 aliphatic rings. The van der Waals surface area contributed by atoms with Gasteiger partial charge in [0.15, 0.2) is 9.84 Å². The van der Waals surface area contributed by atoms with Gasteiger partial charge in [-0.15, -0.1) is 0 Å². The van der Waals surface area contributed by atoms with Crippen LogP contribution < -0.4 is 10.6 Å². The Morgan fingerprint density at radius 1 is 1.44 bits per heavy atom. The minimum Gasteiger partial charge on any atom is -0.480 e. The van der Waals surface area contributed by atoms with E-state index in [1.54, 1.807) is 6.92 Å². The molecule has 8 heteroatoms. The van der Waals surface area contributed by atoms with Crippen molar-refractivity contribution in [3.8, 4) is 0 Å². The van der Waals surface area contributed by atoms with E-state index < -0.39 is 33.4 Å². The molecule has 0 bridgehead atoms. The lowest BCUT2D eigenvalue weighted by Gasteiger charge is -2.25. The molecule has 18 heavy (non-hydrogen) atoms. The summed E-state index contributed by atoms with van der Waals surface area (Å²) in [6.45, 7) is 3.05. The van der Waals surface area contributed by atoms with E-state index in [0.29, 0.717) is 6.42 Å². The Kier molecular flexibility index (Phi) is 4.20. The number of amides is 2. The van der Waals surface area contributed by atoms with Gasteiger partial charge in [-0.25, -0.2) is 18.0 Å². The molecule has 0 aromatic carbocycles. The third kappa shape index (κ3) is 3.59. The van der Waals surface area contributed by atoms with Crippen molar-refractivity contribution in [2.75, 3.05) is 11.5 Å². The molecule has 2 atom stereocenters. The van der Waals surface area contributed by atoms with Crippen LogP contribution >= 0.6 is 0 Å². The highest BCUT2D eigenvalue weighted by Gasteiger charge is 2.34. The van der Waals surface area contributed by atoms with E-state index in [9.17, 15) is 18.0 Å². The van der Waals surface area contributed by atoms with Crippen molar-refractivity contribution >= 4 is 21.8 Å². The summed E-state index contributed by atoms with van der Waals surface area (Å²) in [5.74, 6) is -1.16. The van der Waals surface area contributed by atoms with Gasteiger partial charge in [-0.05, 0) is 19.8 Å². The largest absolute Gasteiger partial charge is 0.480 e. The molecule has 1 heterocycles. The molecule has 3 N–H and O–H groups in total. The van der Waals surface area contributed by atoms with E-state index in [4.69, 9.17) is 5.11 Å². The summed E-state index contributed by atoms with van der Waals surface area (Å²) in [6, 6.07) is -1.09. The second kappa shape index (κ2) is 5.13. The lowest BCUT2D eigenvalue weighted by atomic mass is 10.00. The van der Waals surface area contributed by atoms with Crippen molar-refractivity contribution in [3.63, 3.8) is 0 Å². The zero-order chi connectivity index (χ0) is 14.0. The molecule has 7 nitrogen and oxygen atoms in total. The number of carboxylic acid groups (broad SMARTS) is 1. The fourth-order valence-corrected chi connectivity index (χ4v) is 3.35. The summed E-state index contributed by atoms with van der Waals surface area (Å²) in [5, 5.41) is 13.8. The Balaban J connectivity index is 2.55. The van der Waals surface area contributed by atoms with E-state index in [2.05, 4.69) is 10.6 Å². The summed E-state index contributed by atoms with van der Waals surface area (Å²) < 4.78 is 22.4. The Hall–Kier alpha value is -1.31. The molecule has 1 saturated heterocycles. The third-order valence-electron chi connectivity index (χ3n) is 3.14. The lowest BCUT2D eigenvalue weighted by molar-refractivity contribution is -0.143. The highest BCUT2D eigenvalue weighted by molar-refractivity contribution is 7.91. The van der Waals surface area contributed by atoms with Crippen LogP contribution in [0.25, 0.3) is 0 Å². The van der Waals surface area contributed by atoms with E-state index in [0.717, 1.165) is 0 Å². The number of urea groups is 1. The molecule has 0 aromatic heterocycles. The first-order valence-corrected chi connectivity index (χ1v) is 7.53. The van der Waals surface area contributed by atoms with Gasteiger partial charge in [-0.2, -0.15) is 0 Å². The molecule has 0 spiro atoms. The highest BCUT2D eigenvalue weighted by Crippen LogP contribution is 2.12. The third-order valence-corrected chi connectivity index (χ3v) is 4.90. The van der Waals surface area contributed by atoms with Gasteiger partial charge in [-0.3, -0.25) is 0 Å². The van der Waals surface area contributed by atoms with Gasteiger partial charge < -0.3 is 15.7 Å². The average Bonchev–Trinajstić information content (AvgIpc) is 2.57. The molecule has 1 rings (SSSR count). The Labute approximate surface area is 106 Å². The van der Waals surface area contributed by atoms with Crippen LogP contribution in [-0.4, -0.2) is 48.6 Å². The van der Waals surface area contributed by atoms with Crippen molar-refractivity contribution in [1.29, 1.82) is 0 Å². The molecule has 2 amide bonds. The number of carbonyl (C=O) groups is 2. The second-order valence-electron chi connectivity index (χ2n) is 4.69. The van der Waals surface area contributed by atoms with Crippen LogP contribution in [0.5, 0.6) is 0 Å². The smallest absolute Gasteiger partial charge is 0.329 e. The van der Waals surface area contributed by atoms with E-state index >= 15 is 0 Å². The monoisotopic (exact) mass is 278 g/mol. The topological polar surface area (TPSA) is 113 Å². The summed E-state index contributed by atoms with van der Waals surface area (Å²) in [5.41, 5.74) is -1.35. The molecule has 1 fully saturated rings. The second-order valence-corrected chi connectivity index (χ2v) is 6.92. The van der Waals surface area contributed by atoms with Gasteiger partial charge in [0.25, 0.3) is 0 Å². The van der Waals surface area contributed by atoms with Gasteiger partial charge >= 0.3 is 12.0 Å². The number of nitrogens with one attached hydrogen (secondary N) is 2. The lowest BCUT2D eigenvalue weighted by Crippen LogP contribution is -2.56. The highest BCUT2D eigenvalue weighted by atomic mass is 32.2. The summed E-state index contributed by atoms with van der Waals surface area (Å²) >= 11 is 0.